The maximum Gasteiger partial charge on any atom is 0.407 e. The summed E-state index contributed by atoms with van der Waals surface area (Å²) in [4.78, 5) is 37.2. The molecular weight excluding hydrogens is 703 g/mol. The van der Waals surface area contributed by atoms with Gasteiger partial charge in [-0.05, 0) is 65.2 Å². The maximum atomic E-state index is 12.7. The number of alkyl carbamates (subject to hydrolysis) is 1. The van der Waals surface area contributed by atoms with E-state index in [9.17, 15) is 19.5 Å². The topological polar surface area (TPSA) is 111 Å². The summed E-state index contributed by atoms with van der Waals surface area (Å²) in [5, 5.41) is 12.7. The highest BCUT2D eigenvalue weighted by Gasteiger charge is 2.31. The zero-order valence-electron chi connectivity index (χ0n) is 36.3. The Kier molecular flexibility index (Phi) is 33.0. The number of amides is 1. The Morgan fingerprint density at radius 2 is 1.27 bits per heavy atom. The Balaban J connectivity index is 2.34. The number of cyclic esters (lactones) is 1. The lowest BCUT2D eigenvalue weighted by Crippen LogP contribution is -2.32. The van der Waals surface area contributed by atoms with E-state index in [-0.39, 0.29) is 37.4 Å². The fraction of sp³-hybridized carbons (Fsp3) is 0.771. The van der Waals surface area contributed by atoms with Crippen molar-refractivity contribution in [2.75, 3.05) is 26.4 Å². The van der Waals surface area contributed by atoms with E-state index < -0.39 is 23.9 Å². The van der Waals surface area contributed by atoms with E-state index in [4.69, 9.17) is 14.2 Å². The highest BCUT2D eigenvalue weighted by atomic mass is 16.6. The van der Waals surface area contributed by atoms with Gasteiger partial charge in [-0.3, -0.25) is 4.79 Å². The van der Waals surface area contributed by atoms with Gasteiger partial charge in [-0.2, -0.15) is 0 Å². The van der Waals surface area contributed by atoms with Crippen LogP contribution in [0.15, 0.2) is 34.6 Å². The summed E-state index contributed by atoms with van der Waals surface area (Å²) in [5.74, 6) is 4.95. The van der Waals surface area contributed by atoms with E-state index >= 15 is 0 Å². The van der Waals surface area contributed by atoms with Crippen LogP contribution in [0.2, 0.25) is 0 Å². The quantitative estimate of drug-likeness (QED) is 0.0214. The molecule has 0 radical (unpaired) electrons. The smallest absolute Gasteiger partial charge is 0.407 e. The molecule has 0 aromatic rings. The van der Waals surface area contributed by atoms with Crippen molar-refractivity contribution < 1.29 is 33.7 Å². The van der Waals surface area contributed by atoms with Gasteiger partial charge in [0.25, 0.3) is 0 Å². The number of hydrogen-bond acceptors (Lipinski definition) is 7. The van der Waals surface area contributed by atoms with Crippen LogP contribution in [0.3, 0.4) is 0 Å². The number of ketones is 1. The average molecular weight is 784 g/mol. The first-order chi connectivity index (χ1) is 27.3. The summed E-state index contributed by atoms with van der Waals surface area (Å²) in [5.41, 5.74) is 2.38. The SMILES string of the molecule is CCCCCCCCC#CCCCCCCCCNC(=O)OC(CCC(=O)C1=C(O)COC1=O)COC/C=C(\C)CC/C=C(\C)CCCCCCCCCCC. The molecule has 0 aromatic heterocycles. The van der Waals surface area contributed by atoms with Crippen LogP contribution in [0.25, 0.3) is 0 Å². The van der Waals surface area contributed by atoms with Crippen LogP contribution >= 0.6 is 0 Å². The van der Waals surface area contributed by atoms with Crippen LogP contribution in [0.1, 0.15) is 207 Å². The largest absolute Gasteiger partial charge is 0.508 e. The first-order valence-electron chi connectivity index (χ1n) is 22.7. The van der Waals surface area contributed by atoms with Crippen molar-refractivity contribution in [2.45, 2.75) is 214 Å². The molecule has 1 aliphatic rings. The molecule has 1 aliphatic heterocycles. The minimum Gasteiger partial charge on any atom is -0.508 e. The second-order valence-electron chi connectivity index (χ2n) is 15.8. The van der Waals surface area contributed by atoms with Gasteiger partial charge in [-0.1, -0.05) is 146 Å². The summed E-state index contributed by atoms with van der Waals surface area (Å²) in [6.07, 6.45) is 34.9. The molecule has 0 saturated heterocycles. The fourth-order valence-corrected chi connectivity index (χ4v) is 6.73. The molecule has 1 rings (SSSR count). The van der Waals surface area contributed by atoms with E-state index in [0.717, 1.165) is 51.4 Å². The lowest BCUT2D eigenvalue weighted by Gasteiger charge is -2.18. The zero-order chi connectivity index (χ0) is 40.9. The van der Waals surface area contributed by atoms with Gasteiger partial charge in [0.1, 0.15) is 24.0 Å². The number of unbranched alkanes of at least 4 members (excludes halogenated alkanes) is 20. The molecule has 1 unspecified atom stereocenters. The average Bonchev–Trinajstić information content (AvgIpc) is 3.52. The van der Waals surface area contributed by atoms with Gasteiger partial charge in [-0.25, -0.2) is 9.59 Å². The standard InChI is InChI=1S/C48H81NO7/c1-5-7-9-11-13-15-16-17-18-19-20-21-23-25-27-29-37-49-48(53)56-43(34-35-44(50)46-45(51)40-55-47(46)52)39-54-38-36-42(4)33-30-32-41(3)31-28-26-24-22-14-12-10-8-6-2/h32,36,43,51H,5-16,19-31,33-35,37-40H2,1-4H3,(H,49,53)/b41-32+,42-36+. The van der Waals surface area contributed by atoms with Crippen molar-refractivity contribution in [3.8, 4) is 11.8 Å². The minimum atomic E-state index is -0.819. The molecule has 1 amide bonds. The molecule has 8 nitrogen and oxygen atoms in total. The second kappa shape index (κ2) is 36.3. The van der Waals surface area contributed by atoms with Gasteiger partial charge in [-0.15, -0.1) is 11.8 Å². The van der Waals surface area contributed by atoms with Crippen LogP contribution in [-0.4, -0.2) is 55.4 Å². The Labute approximate surface area is 342 Å². The van der Waals surface area contributed by atoms with Crippen LogP contribution < -0.4 is 5.32 Å². The van der Waals surface area contributed by atoms with Gasteiger partial charge in [0.05, 0.1) is 13.2 Å². The van der Waals surface area contributed by atoms with Crippen molar-refractivity contribution in [2.24, 2.45) is 0 Å². The number of ether oxygens (including phenoxy) is 3. The van der Waals surface area contributed by atoms with E-state index in [2.05, 4.69) is 50.9 Å². The van der Waals surface area contributed by atoms with Crippen molar-refractivity contribution in [1.82, 2.24) is 5.32 Å². The number of allylic oxidation sites excluding steroid dienone is 3. The van der Waals surface area contributed by atoms with Crippen molar-refractivity contribution in [3.63, 3.8) is 0 Å². The highest BCUT2D eigenvalue weighted by molar-refractivity contribution is 6.18. The van der Waals surface area contributed by atoms with Crippen LogP contribution in [0, 0.1) is 11.8 Å². The number of nitrogens with one attached hydrogen (secondary N) is 1. The third kappa shape index (κ3) is 29.2. The monoisotopic (exact) mass is 784 g/mol. The van der Waals surface area contributed by atoms with E-state index in [1.165, 1.54) is 127 Å². The molecule has 320 valence electrons. The number of aliphatic hydroxyl groups excluding tert-OH is 1. The van der Waals surface area contributed by atoms with Crippen molar-refractivity contribution in [1.29, 1.82) is 0 Å². The number of Topliss-reactive ketones (excluding diaryl/α,β-unsaturated/α-hetero) is 1. The Morgan fingerprint density at radius 3 is 1.84 bits per heavy atom. The predicted molar refractivity (Wildman–Crippen MR) is 231 cm³/mol. The molecule has 1 heterocycles. The normalized spacial score (nSPS) is 13.8. The van der Waals surface area contributed by atoms with Gasteiger partial charge in [0.15, 0.2) is 5.78 Å². The first kappa shape index (κ1) is 51.0. The minimum absolute atomic E-state index is 0.0832. The number of esters is 1. The maximum absolute atomic E-state index is 12.7. The molecular formula is C48H81NO7. The lowest BCUT2D eigenvalue weighted by atomic mass is 10.0. The van der Waals surface area contributed by atoms with Crippen LogP contribution in [-0.2, 0) is 23.8 Å². The molecule has 8 heteroatoms. The molecule has 0 fully saturated rings. The van der Waals surface area contributed by atoms with E-state index in [1.807, 2.05) is 6.08 Å². The molecule has 2 N–H and O–H groups in total. The van der Waals surface area contributed by atoms with Crippen molar-refractivity contribution >= 4 is 17.8 Å². The number of aliphatic hydroxyl groups is 1. The summed E-state index contributed by atoms with van der Waals surface area (Å²) in [6, 6.07) is 0. The second-order valence-corrected chi connectivity index (χ2v) is 15.8. The number of rotatable bonds is 36. The molecule has 0 saturated carbocycles. The third-order valence-corrected chi connectivity index (χ3v) is 10.4. The number of carbonyl (C=O) groups is 3. The number of hydrogen-bond donors (Lipinski definition) is 2. The summed E-state index contributed by atoms with van der Waals surface area (Å²) in [7, 11) is 0. The van der Waals surface area contributed by atoms with Crippen molar-refractivity contribution in [3.05, 3.63) is 34.6 Å². The van der Waals surface area contributed by atoms with Gasteiger partial charge in [0.2, 0.25) is 0 Å². The van der Waals surface area contributed by atoms with E-state index in [1.54, 1.807) is 0 Å². The van der Waals surface area contributed by atoms with Gasteiger partial charge >= 0.3 is 12.1 Å². The molecule has 0 aromatic carbocycles. The Hall–Kier alpha value is -3.05. The third-order valence-electron chi connectivity index (χ3n) is 10.4. The van der Waals surface area contributed by atoms with Crippen LogP contribution in [0.4, 0.5) is 4.79 Å². The predicted octanol–water partition coefficient (Wildman–Crippen LogP) is 12.9. The van der Waals surface area contributed by atoms with Crippen LogP contribution in [0.5, 0.6) is 0 Å². The van der Waals surface area contributed by atoms with E-state index in [0.29, 0.717) is 13.2 Å². The Morgan fingerprint density at radius 1 is 0.732 bits per heavy atom. The summed E-state index contributed by atoms with van der Waals surface area (Å²) < 4.78 is 16.3. The lowest BCUT2D eigenvalue weighted by molar-refractivity contribution is -0.137. The summed E-state index contributed by atoms with van der Waals surface area (Å²) >= 11 is 0. The van der Waals surface area contributed by atoms with Gasteiger partial charge in [0, 0.05) is 25.8 Å². The highest BCUT2D eigenvalue weighted by Crippen LogP contribution is 2.19. The molecule has 0 spiro atoms. The molecule has 0 bridgehead atoms. The Bertz CT molecular complexity index is 1210. The number of carbonyl (C=O) groups excluding carboxylic acids is 3. The summed E-state index contributed by atoms with van der Waals surface area (Å²) in [6.45, 7) is 9.54. The molecule has 0 aliphatic carbocycles. The van der Waals surface area contributed by atoms with Gasteiger partial charge < -0.3 is 24.6 Å². The molecule has 56 heavy (non-hydrogen) atoms. The zero-order valence-corrected chi connectivity index (χ0v) is 36.3. The fourth-order valence-electron chi connectivity index (χ4n) is 6.73. The molecule has 1 atom stereocenters. The first-order valence-corrected chi connectivity index (χ1v) is 22.7.